The molecule has 0 saturated carbocycles. The van der Waals surface area contributed by atoms with Gasteiger partial charge in [-0.25, -0.2) is 4.98 Å². The Morgan fingerprint density at radius 2 is 2.24 bits per heavy atom. The summed E-state index contributed by atoms with van der Waals surface area (Å²) in [6, 6.07) is 0.143. The summed E-state index contributed by atoms with van der Waals surface area (Å²) < 4.78 is 0. The molecule has 0 aliphatic carbocycles. The molecule has 21 heavy (non-hydrogen) atoms. The van der Waals surface area contributed by atoms with Crippen LogP contribution in [0.3, 0.4) is 0 Å². The standard InChI is InChI=1S/C13H24N4O.CH2O2/c1-4-5-6-13-15-8-11(16-13)9-17(3)10(2)7-12(14)18;2-1-3/h8,10H,4-7,9H2,1-3H3,(H2,14,18)(H,15,16);1H,(H,2,3). The molecule has 0 spiro atoms. The van der Waals surface area contributed by atoms with Gasteiger partial charge in [0.15, 0.2) is 0 Å². The zero-order valence-corrected chi connectivity index (χ0v) is 13.0. The van der Waals surface area contributed by atoms with Gasteiger partial charge in [0.2, 0.25) is 5.91 Å². The quantitative estimate of drug-likeness (QED) is 0.623. The first-order valence-electron chi connectivity index (χ1n) is 7.03. The number of H-pyrrole nitrogens is 1. The summed E-state index contributed by atoms with van der Waals surface area (Å²) >= 11 is 0. The number of unbranched alkanes of at least 4 members (excludes halogenated alkanes) is 1. The van der Waals surface area contributed by atoms with Crippen LogP contribution in [-0.2, 0) is 22.6 Å². The third-order valence-corrected chi connectivity index (χ3v) is 3.12. The number of aromatic nitrogens is 2. The molecule has 1 amide bonds. The summed E-state index contributed by atoms with van der Waals surface area (Å²) in [7, 11) is 1.99. The largest absolute Gasteiger partial charge is 0.483 e. The van der Waals surface area contributed by atoms with Crippen LogP contribution >= 0.6 is 0 Å². The topological polar surface area (TPSA) is 112 Å². The first kappa shape index (κ1) is 19.1. The van der Waals surface area contributed by atoms with E-state index in [2.05, 4.69) is 21.8 Å². The highest BCUT2D eigenvalue weighted by molar-refractivity contribution is 5.74. The zero-order valence-electron chi connectivity index (χ0n) is 13.0. The SMILES string of the molecule is CCCCc1ncc(CN(C)C(C)CC(N)=O)[nH]1.O=CO. The van der Waals surface area contributed by atoms with Crippen LogP contribution in [0.1, 0.15) is 44.6 Å². The number of amides is 1. The van der Waals surface area contributed by atoms with Crippen molar-refractivity contribution in [1.82, 2.24) is 14.9 Å². The Morgan fingerprint density at radius 1 is 1.62 bits per heavy atom. The van der Waals surface area contributed by atoms with E-state index < -0.39 is 0 Å². The average molecular weight is 298 g/mol. The van der Waals surface area contributed by atoms with Crippen molar-refractivity contribution in [1.29, 1.82) is 0 Å². The van der Waals surface area contributed by atoms with E-state index in [1.165, 1.54) is 6.42 Å². The number of carboxylic acid groups (broad SMARTS) is 1. The van der Waals surface area contributed by atoms with E-state index in [-0.39, 0.29) is 18.4 Å². The maximum Gasteiger partial charge on any atom is 0.290 e. The van der Waals surface area contributed by atoms with Gasteiger partial charge >= 0.3 is 0 Å². The number of nitrogens with one attached hydrogen (secondary N) is 1. The summed E-state index contributed by atoms with van der Waals surface area (Å²) in [6.07, 6.45) is 5.58. The Morgan fingerprint density at radius 3 is 2.76 bits per heavy atom. The second kappa shape index (κ2) is 10.8. The molecule has 1 unspecified atom stereocenters. The normalized spacial score (nSPS) is 11.6. The van der Waals surface area contributed by atoms with E-state index in [9.17, 15) is 4.79 Å². The molecule has 120 valence electrons. The number of hydrogen-bond acceptors (Lipinski definition) is 4. The molecule has 0 fully saturated rings. The predicted molar refractivity (Wildman–Crippen MR) is 80.6 cm³/mol. The Bertz CT molecular complexity index is 420. The van der Waals surface area contributed by atoms with Gasteiger partial charge in [-0.1, -0.05) is 13.3 Å². The van der Waals surface area contributed by atoms with Gasteiger partial charge < -0.3 is 15.8 Å². The Balaban J connectivity index is 0.00000122. The third kappa shape index (κ3) is 8.80. The number of nitrogens with zero attached hydrogens (tertiary/aromatic N) is 2. The highest BCUT2D eigenvalue weighted by Crippen LogP contribution is 2.08. The van der Waals surface area contributed by atoms with E-state index in [1.807, 2.05) is 20.2 Å². The van der Waals surface area contributed by atoms with Gasteiger partial charge in [-0.05, 0) is 20.4 Å². The number of primary amides is 1. The van der Waals surface area contributed by atoms with Crippen molar-refractivity contribution in [3.63, 3.8) is 0 Å². The van der Waals surface area contributed by atoms with Gasteiger partial charge in [0.1, 0.15) is 5.82 Å². The molecule has 1 aromatic heterocycles. The van der Waals surface area contributed by atoms with Crippen LogP contribution in [0.15, 0.2) is 6.20 Å². The van der Waals surface area contributed by atoms with Crippen molar-refractivity contribution in [3.05, 3.63) is 17.7 Å². The predicted octanol–water partition coefficient (Wildman–Crippen LogP) is 1.15. The lowest BCUT2D eigenvalue weighted by molar-refractivity contribution is -0.123. The first-order chi connectivity index (χ1) is 9.94. The number of aryl methyl sites for hydroxylation is 1. The lowest BCUT2D eigenvalue weighted by atomic mass is 10.2. The van der Waals surface area contributed by atoms with Gasteiger partial charge in [-0.3, -0.25) is 14.5 Å². The molecular weight excluding hydrogens is 272 g/mol. The molecule has 1 rings (SSSR count). The molecule has 1 aromatic rings. The Labute approximate surface area is 125 Å². The van der Waals surface area contributed by atoms with Crippen molar-refractivity contribution in [2.24, 2.45) is 5.73 Å². The van der Waals surface area contributed by atoms with Crippen LogP contribution in [0.4, 0.5) is 0 Å². The highest BCUT2D eigenvalue weighted by Gasteiger charge is 2.13. The molecule has 0 bridgehead atoms. The second-order valence-corrected chi connectivity index (χ2v) is 5.00. The number of aromatic amines is 1. The molecule has 1 heterocycles. The molecular formula is C14H26N4O3. The molecule has 0 aliphatic heterocycles. The molecule has 7 heteroatoms. The lowest BCUT2D eigenvalue weighted by Gasteiger charge is -2.22. The van der Waals surface area contributed by atoms with Crippen LogP contribution in [-0.4, -0.2) is 45.4 Å². The minimum Gasteiger partial charge on any atom is -0.483 e. The van der Waals surface area contributed by atoms with Gasteiger partial charge in [0, 0.05) is 37.3 Å². The second-order valence-electron chi connectivity index (χ2n) is 5.00. The number of carbonyl (C=O) groups is 2. The van der Waals surface area contributed by atoms with E-state index in [0.29, 0.717) is 6.42 Å². The van der Waals surface area contributed by atoms with Crippen molar-refractivity contribution in [2.75, 3.05) is 7.05 Å². The van der Waals surface area contributed by atoms with Gasteiger partial charge in [0.05, 0.1) is 0 Å². The zero-order chi connectivity index (χ0) is 16.3. The van der Waals surface area contributed by atoms with Gasteiger partial charge in [-0.15, -0.1) is 0 Å². The molecule has 4 N–H and O–H groups in total. The fourth-order valence-corrected chi connectivity index (χ4v) is 1.83. The minimum atomic E-state index is -0.261. The number of carbonyl (C=O) groups excluding carboxylic acids is 1. The molecule has 0 radical (unpaired) electrons. The van der Waals surface area contributed by atoms with E-state index in [4.69, 9.17) is 15.6 Å². The smallest absolute Gasteiger partial charge is 0.290 e. The van der Waals surface area contributed by atoms with Gasteiger partial charge in [0.25, 0.3) is 6.47 Å². The number of hydrogen-bond donors (Lipinski definition) is 3. The third-order valence-electron chi connectivity index (χ3n) is 3.12. The summed E-state index contributed by atoms with van der Waals surface area (Å²) in [5.74, 6) is 0.783. The number of rotatable bonds is 8. The van der Waals surface area contributed by atoms with Crippen LogP contribution in [0, 0.1) is 0 Å². The fraction of sp³-hybridized carbons (Fsp3) is 0.643. The van der Waals surface area contributed by atoms with Crippen LogP contribution in [0.25, 0.3) is 0 Å². The first-order valence-corrected chi connectivity index (χ1v) is 7.03. The Hall–Kier alpha value is -1.89. The van der Waals surface area contributed by atoms with Crippen molar-refractivity contribution < 1.29 is 14.7 Å². The molecule has 7 nitrogen and oxygen atoms in total. The molecule has 0 saturated heterocycles. The lowest BCUT2D eigenvalue weighted by Crippen LogP contribution is -2.32. The van der Waals surface area contributed by atoms with Crippen molar-refractivity contribution >= 4 is 12.4 Å². The van der Waals surface area contributed by atoms with Gasteiger partial charge in [-0.2, -0.15) is 0 Å². The van der Waals surface area contributed by atoms with Crippen molar-refractivity contribution in [3.8, 4) is 0 Å². The van der Waals surface area contributed by atoms with Crippen LogP contribution in [0.2, 0.25) is 0 Å². The Kier molecular flexibility index (Phi) is 9.87. The molecule has 0 aliphatic rings. The monoisotopic (exact) mass is 298 g/mol. The van der Waals surface area contributed by atoms with Crippen molar-refractivity contribution in [2.45, 2.75) is 52.1 Å². The van der Waals surface area contributed by atoms with E-state index in [0.717, 1.165) is 30.9 Å². The maximum absolute atomic E-state index is 10.9. The average Bonchev–Trinajstić information content (AvgIpc) is 2.84. The molecule has 1 atom stereocenters. The summed E-state index contributed by atoms with van der Waals surface area (Å²) in [5.41, 5.74) is 6.28. The van der Waals surface area contributed by atoms with E-state index >= 15 is 0 Å². The fourth-order valence-electron chi connectivity index (χ4n) is 1.83. The summed E-state index contributed by atoms with van der Waals surface area (Å²) in [6.45, 7) is 4.68. The van der Waals surface area contributed by atoms with Crippen LogP contribution < -0.4 is 5.73 Å². The van der Waals surface area contributed by atoms with E-state index in [1.54, 1.807) is 0 Å². The maximum atomic E-state index is 10.9. The van der Waals surface area contributed by atoms with Crippen LogP contribution in [0.5, 0.6) is 0 Å². The molecule has 0 aromatic carbocycles. The number of nitrogens with two attached hydrogens (primary N) is 1. The summed E-state index contributed by atoms with van der Waals surface area (Å²) in [4.78, 5) is 29.0. The summed E-state index contributed by atoms with van der Waals surface area (Å²) in [5, 5.41) is 6.89. The minimum absolute atomic E-state index is 0.143. The highest BCUT2D eigenvalue weighted by atomic mass is 16.3. The number of imidazole rings is 1.